The van der Waals surface area contributed by atoms with Gasteiger partial charge < -0.3 is 0 Å². The van der Waals surface area contributed by atoms with Crippen molar-refractivity contribution < 1.29 is 0 Å². The van der Waals surface area contributed by atoms with Crippen LogP contribution in [0.4, 0.5) is 0 Å². The second-order valence-electron chi connectivity index (χ2n) is 5.04. The molecule has 0 spiro atoms. The standard InChI is InChI=1S/C16H27/c1-7-14(4)11-16(6)12-15(5)10-8-9-13(2)3/h9,12,16H,8,10-11H2,1-6H3/b14-7?,15-12+. The predicted octanol–water partition coefficient (Wildman–Crippen LogP) is 5.47. The molecule has 1 atom stereocenters. The minimum atomic E-state index is 0.638. The SMILES string of the molecule is C/[C]=C(\C)CC(C)/C=C(\C)CCC=C(C)C. The molecule has 0 aromatic carbocycles. The second-order valence-corrected chi connectivity index (χ2v) is 5.04. The van der Waals surface area contributed by atoms with Crippen LogP contribution in [-0.2, 0) is 0 Å². The number of rotatable bonds is 6. The summed E-state index contributed by atoms with van der Waals surface area (Å²) in [5.41, 5.74) is 4.29. The number of hydrogen-bond donors (Lipinski definition) is 0. The van der Waals surface area contributed by atoms with Gasteiger partial charge in [-0.05, 0) is 65.9 Å². The third-order valence-corrected chi connectivity index (χ3v) is 2.72. The maximum Gasteiger partial charge on any atom is -0.0222 e. The van der Waals surface area contributed by atoms with Crippen molar-refractivity contribution in [3.05, 3.63) is 34.9 Å². The fraction of sp³-hybridized carbons (Fsp3) is 0.625. The Bertz CT molecular complexity index is 272. The molecule has 0 aromatic heterocycles. The largest absolute Gasteiger partial charge is 0.0856 e. The Labute approximate surface area is 102 Å². The lowest BCUT2D eigenvalue weighted by atomic mass is 9.98. The average Bonchev–Trinajstić information content (AvgIpc) is 2.16. The first-order valence-corrected chi connectivity index (χ1v) is 6.26. The van der Waals surface area contributed by atoms with Gasteiger partial charge in [-0.25, -0.2) is 0 Å². The molecular formula is C16H27. The van der Waals surface area contributed by atoms with Crippen molar-refractivity contribution in [3.63, 3.8) is 0 Å². The normalized spacial score (nSPS) is 14.9. The number of allylic oxidation sites excluding steroid dienone is 6. The Hall–Kier alpha value is -0.780. The summed E-state index contributed by atoms with van der Waals surface area (Å²) in [5.74, 6) is 0.638. The molecule has 91 valence electrons. The molecular weight excluding hydrogens is 192 g/mol. The summed E-state index contributed by atoms with van der Waals surface area (Å²) in [7, 11) is 0. The molecule has 0 aromatic rings. The van der Waals surface area contributed by atoms with Gasteiger partial charge in [-0.1, -0.05) is 35.8 Å². The molecule has 0 aliphatic heterocycles. The quantitative estimate of drug-likeness (QED) is 0.519. The van der Waals surface area contributed by atoms with E-state index < -0.39 is 0 Å². The zero-order valence-corrected chi connectivity index (χ0v) is 11.9. The first-order chi connectivity index (χ1) is 7.45. The summed E-state index contributed by atoms with van der Waals surface area (Å²) in [6.45, 7) is 13.0. The fourth-order valence-corrected chi connectivity index (χ4v) is 1.80. The van der Waals surface area contributed by atoms with Crippen molar-refractivity contribution in [1.29, 1.82) is 0 Å². The first-order valence-electron chi connectivity index (χ1n) is 6.26. The van der Waals surface area contributed by atoms with E-state index in [0.29, 0.717) is 5.92 Å². The lowest BCUT2D eigenvalue weighted by Crippen LogP contribution is -1.92. The fourth-order valence-electron chi connectivity index (χ4n) is 1.80. The summed E-state index contributed by atoms with van der Waals surface area (Å²) < 4.78 is 0. The van der Waals surface area contributed by atoms with Gasteiger partial charge in [0.15, 0.2) is 0 Å². The molecule has 0 saturated carbocycles. The highest BCUT2D eigenvalue weighted by molar-refractivity contribution is 5.06. The zero-order valence-electron chi connectivity index (χ0n) is 11.9. The summed E-state index contributed by atoms with van der Waals surface area (Å²) in [4.78, 5) is 0. The topological polar surface area (TPSA) is 0 Å². The van der Waals surface area contributed by atoms with Crippen LogP contribution in [0.3, 0.4) is 0 Å². The van der Waals surface area contributed by atoms with Crippen molar-refractivity contribution in [2.75, 3.05) is 0 Å². The highest BCUT2D eigenvalue weighted by Gasteiger charge is 2.00. The van der Waals surface area contributed by atoms with E-state index in [9.17, 15) is 0 Å². The van der Waals surface area contributed by atoms with Crippen LogP contribution in [0.25, 0.3) is 0 Å². The molecule has 16 heavy (non-hydrogen) atoms. The van der Waals surface area contributed by atoms with Crippen molar-refractivity contribution in [2.24, 2.45) is 5.92 Å². The highest BCUT2D eigenvalue weighted by atomic mass is 14.1. The molecule has 0 aliphatic carbocycles. The van der Waals surface area contributed by atoms with Crippen LogP contribution in [-0.4, -0.2) is 0 Å². The molecule has 0 N–H and O–H groups in total. The molecule has 1 radical (unpaired) electrons. The number of hydrogen-bond acceptors (Lipinski definition) is 0. The molecule has 0 aliphatic rings. The van der Waals surface area contributed by atoms with E-state index in [2.05, 4.69) is 52.8 Å². The van der Waals surface area contributed by atoms with Crippen molar-refractivity contribution in [1.82, 2.24) is 0 Å². The Kier molecular flexibility index (Phi) is 7.97. The van der Waals surface area contributed by atoms with Crippen LogP contribution in [0, 0.1) is 12.0 Å². The van der Waals surface area contributed by atoms with E-state index in [4.69, 9.17) is 0 Å². The highest BCUT2D eigenvalue weighted by Crippen LogP contribution is 2.16. The summed E-state index contributed by atoms with van der Waals surface area (Å²) in [5, 5.41) is 0. The van der Waals surface area contributed by atoms with E-state index >= 15 is 0 Å². The molecule has 0 amide bonds. The Balaban J connectivity index is 4.06. The van der Waals surface area contributed by atoms with Gasteiger partial charge in [0.1, 0.15) is 0 Å². The van der Waals surface area contributed by atoms with Gasteiger partial charge in [0.05, 0.1) is 0 Å². The molecule has 0 fully saturated rings. The summed E-state index contributed by atoms with van der Waals surface area (Å²) >= 11 is 0. The van der Waals surface area contributed by atoms with Gasteiger partial charge in [0.2, 0.25) is 0 Å². The van der Waals surface area contributed by atoms with Crippen LogP contribution >= 0.6 is 0 Å². The Morgan fingerprint density at radius 1 is 1.19 bits per heavy atom. The third kappa shape index (κ3) is 8.52. The van der Waals surface area contributed by atoms with Crippen molar-refractivity contribution >= 4 is 0 Å². The monoisotopic (exact) mass is 219 g/mol. The van der Waals surface area contributed by atoms with Gasteiger partial charge in [-0.15, -0.1) is 0 Å². The smallest absolute Gasteiger partial charge is 0.0222 e. The maximum absolute atomic E-state index is 3.21. The van der Waals surface area contributed by atoms with E-state index in [1.807, 2.05) is 6.92 Å². The van der Waals surface area contributed by atoms with Gasteiger partial charge in [-0.3, -0.25) is 0 Å². The molecule has 0 bridgehead atoms. The van der Waals surface area contributed by atoms with Gasteiger partial charge in [-0.2, -0.15) is 0 Å². The Morgan fingerprint density at radius 2 is 1.81 bits per heavy atom. The minimum Gasteiger partial charge on any atom is -0.0856 e. The maximum atomic E-state index is 3.21. The molecule has 0 rings (SSSR count). The van der Waals surface area contributed by atoms with E-state index in [-0.39, 0.29) is 0 Å². The van der Waals surface area contributed by atoms with Gasteiger partial charge >= 0.3 is 0 Å². The molecule has 0 nitrogen and oxygen atoms in total. The molecule has 1 unspecified atom stereocenters. The summed E-state index contributed by atoms with van der Waals surface area (Å²) in [6.07, 6.45) is 11.4. The van der Waals surface area contributed by atoms with Crippen molar-refractivity contribution in [2.45, 2.75) is 60.8 Å². The van der Waals surface area contributed by atoms with E-state index in [0.717, 1.165) is 6.42 Å². The third-order valence-electron chi connectivity index (χ3n) is 2.72. The van der Waals surface area contributed by atoms with Crippen LogP contribution < -0.4 is 0 Å². The molecule has 0 heteroatoms. The van der Waals surface area contributed by atoms with E-state index in [1.165, 1.54) is 29.6 Å². The lowest BCUT2D eigenvalue weighted by molar-refractivity contribution is 0.702. The van der Waals surface area contributed by atoms with Crippen LogP contribution in [0.5, 0.6) is 0 Å². The van der Waals surface area contributed by atoms with Gasteiger partial charge in [0.25, 0.3) is 0 Å². The van der Waals surface area contributed by atoms with E-state index in [1.54, 1.807) is 0 Å². The molecule has 0 saturated heterocycles. The lowest BCUT2D eigenvalue weighted by Gasteiger charge is -2.08. The van der Waals surface area contributed by atoms with Crippen LogP contribution in [0.1, 0.15) is 60.8 Å². The minimum absolute atomic E-state index is 0.638. The van der Waals surface area contributed by atoms with Crippen LogP contribution in [0.2, 0.25) is 0 Å². The van der Waals surface area contributed by atoms with Gasteiger partial charge in [0, 0.05) is 0 Å². The average molecular weight is 219 g/mol. The summed E-state index contributed by atoms with van der Waals surface area (Å²) in [6, 6.07) is 0. The molecule has 0 heterocycles. The van der Waals surface area contributed by atoms with Crippen molar-refractivity contribution in [3.8, 4) is 0 Å². The predicted molar refractivity (Wildman–Crippen MR) is 74.3 cm³/mol. The first kappa shape index (κ1) is 15.2. The Morgan fingerprint density at radius 3 is 2.31 bits per heavy atom. The second kappa shape index (κ2) is 8.38. The zero-order chi connectivity index (χ0) is 12.6. The van der Waals surface area contributed by atoms with Crippen LogP contribution in [0.15, 0.2) is 28.9 Å².